The van der Waals surface area contributed by atoms with Crippen LogP contribution < -0.4 is 10.8 Å². The number of hydrogen-bond donors (Lipinski definition) is 1. The molecule has 5 heteroatoms. The third-order valence-corrected chi connectivity index (χ3v) is 4.67. The molecule has 0 aromatic heterocycles. The number of nitrogens with one attached hydrogen (secondary N) is 1. The van der Waals surface area contributed by atoms with Gasteiger partial charge in [-0.2, -0.15) is 0 Å². The van der Waals surface area contributed by atoms with Crippen molar-refractivity contribution in [2.24, 2.45) is 0 Å². The standard InChI is InChI=1S/C14H19BClNO2/c1-13(2)14(3,4)19-15(18-13)11-7-9(16)8-12-10(11)5-6-17-12/h7-8,17H,5-6H2,1-4H3. The average molecular weight is 280 g/mol. The summed E-state index contributed by atoms with van der Waals surface area (Å²) >= 11 is 6.20. The van der Waals surface area contributed by atoms with E-state index in [9.17, 15) is 0 Å². The van der Waals surface area contributed by atoms with Crippen molar-refractivity contribution < 1.29 is 9.31 Å². The van der Waals surface area contributed by atoms with Crippen LogP contribution in [-0.4, -0.2) is 24.9 Å². The van der Waals surface area contributed by atoms with Gasteiger partial charge in [-0.05, 0) is 57.3 Å². The smallest absolute Gasteiger partial charge is 0.399 e. The van der Waals surface area contributed by atoms with Crippen molar-refractivity contribution in [3.8, 4) is 0 Å². The van der Waals surface area contributed by atoms with Gasteiger partial charge in [0, 0.05) is 17.3 Å². The Morgan fingerprint density at radius 1 is 1.16 bits per heavy atom. The molecule has 0 aliphatic carbocycles. The molecule has 1 N–H and O–H groups in total. The minimum atomic E-state index is -0.336. The van der Waals surface area contributed by atoms with Crippen LogP contribution in [-0.2, 0) is 15.7 Å². The van der Waals surface area contributed by atoms with Crippen molar-refractivity contribution in [3.63, 3.8) is 0 Å². The number of rotatable bonds is 1. The highest BCUT2D eigenvalue weighted by atomic mass is 35.5. The zero-order chi connectivity index (χ0) is 13.8. The summed E-state index contributed by atoms with van der Waals surface area (Å²) < 4.78 is 12.2. The van der Waals surface area contributed by atoms with E-state index in [1.165, 1.54) is 5.56 Å². The Labute approximate surface area is 119 Å². The van der Waals surface area contributed by atoms with Gasteiger partial charge in [0.15, 0.2) is 0 Å². The van der Waals surface area contributed by atoms with Crippen molar-refractivity contribution in [2.75, 3.05) is 11.9 Å². The third-order valence-electron chi connectivity index (χ3n) is 4.45. The summed E-state index contributed by atoms with van der Waals surface area (Å²) in [7, 11) is -0.336. The number of benzene rings is 1. The molecule has 2 aliphatic rings. The Morgan fingerprint density at radius 2 is 1.79 bits per heavy atom. The highest BCUT2D eigenvalue weighted by Gasteiger charge is 2.52. The van der Waals surface area contributed by atoms with Gasteiger partial charge < -0.3 is 14.6 Å². The molecule has 0 bridgehead atoms. The molecule has 0 unspecified atom stereocenters. The molecule has 1 saturated heterocycles. The lowest BCUT2D eigenvalue weighted by molar-refractivity contribution is 0.00578. The van der Waals surface area contributed by atoms with Crippen molar-refractivity contribution in [2.45, 2.75) is 45.3 Å². The lowest BCUT2D eigenvalue weighted by Gasteiger charge is -2.32. The third kappa shape index (κ3) is 2.06. The zero-order valence-electron chi connectivity index (χ0n) is 11.8. The lowest BCUT2D eigenvalue weighted by Crippen LogP contribution is -2.41. The first-order valence-electron chi connectivity index (χ1n) is 6.72. The van der Waals surface area contributed by atoms with Gasteiger partial charge in [0.05, 0.1) is 11.2 Å². The highest BCUT2D eigenvalue weighted by Crippen LogP contribution is 2.37. The molecule has 0 atom stereocenters. The van der Waals surface area contributed by atoms with E-state index >= 15 is 0 Å². The molecular weight excluding hydrogens is 260 g/mol. The maximum atomic E-state index is 6.20. The molecule has 0 saturated carbocycles. The van der Waals surface area contributed by atoms with E-state index in [-0.39, 0.29) is 18.3 Å². The molecule has 0 radical (unpaired) electrons. The van der Waals surface area contributed by atoms with Gasteiger partial charge in [-0.25, -0.2) is 0 Å². The Kier molecular flexibility index (Phi) is 2.90. The van der Waals surface area contributed by atoms with Gasteiger partial charge in [-0.3, -0.25) is 0 Å². The van der Waals surface area contributed by atoms with E-state index in [4.69, 9.17) is 20.9 Å². The molecule has 2 heterocycles. The topological polar surface area (TPSA) is 30.5 Å². The van der Waals surface area contributed by atoms with Crippen molar-refractivity contribution in [1.29, 1.82) is 0 Å². The van der Waals surface area contributed by atoms with Crippen LogP contribution in [0.25, 0.3) is 0 Å². The minimum Gasteiger partial charge on any atom is -0.399 e. The SMILES string of the molecule is CC1(C)OB(c2cc(Cl)cc3c2CCN3)OC1(C)C. The average Bonchev–Trinajstić information content (AvgIpc) is 2.80. The van der Waals surface area contributed by atoms with Crippen molar-refractivity contribution in [1.82, 2.24) is 0 Å². The fourth-order valence-electron chi connectivity index (χ4n) is 2.60. The lowest BCUT2D eigenvalue weighted by atomic mass is 9.75. The molecule has 2 aliphatic heterocycles. The van der Waals surface area contributed by atoms with Gasteiger partial charge in [-0.1, -0.05) is 11.6 Å². The highest BCUT2D eigenvalue weighted by molar-refractivity contribution is 6.63. The number of anilines is 1. The molecule has 3 nitrogen and oxygen atoms in total. The molecule has 1 fully saturated rings. The maximum absolute atomic E-state index is 6.20. The normalized spacial score (nSPS) is 23.3. The summed E-state index contributed by atoms with van der Waals surface area (Å²) in [5, 5.41) is 4.07. The number of fused-ring (bicyclic) bond motifs is 1. The second-order valence-electron chi connectivity index (χ2n) is 6.29. The second-order valence-corrected chi connectivity index (χ2v) is 6.72. The van der Waals surface area contributed by atoms with E-state index in [1.807, 2.05) is 12.1 Å². The molecule has 102 valence electrons. The van der Waals surface area contributed by atoms with Gasteiger partial charge in [0.25, 0.3) is 0 Å². The van der Waals surface area contributed by atoms with Crippen LogP contribution in [0.15, 0.2) is 12.1 Å². The molecule has 3 rings (SSSR count). The van der Waals surface area contributed by atoms with E-state index < -0.39 is 0 Å². The summed E-state index contributed by atoms with van der Waals surface area (Å²) in [6, 6.07) is 3.94. The van der Waals surface area contributed by atoms with Crippen molar-refractivity contribution >= 4 is 29.9 Å². The maximum Gasteiger partial charge on any atom is 0.495 e. The van der Waals surface area contributed by atoms with E-state index in [0.717, 1.165) is 29.1 Å². The molecule has 1 aromatic rings. The fourth-order valence-corrected chi connectivity index (χ4v) is 2.82. The van der Waals surface area contributed by atoms with Gasteiger partial charge in [-0.15, -0.1) is 0 Å². The predicted molar refractivity (Wildman–Crippen MR) is 79.4 cm³/mol. The second kappa shape index (κ2) is 4.14. The summed E-state index contributed by atoms with van der Waals surface area (Å²) in [5.41, 5.74) is 2.80. The monoisotopic (exact) mass is 279 g/mol. The van der Waals surface area contributed by atoms with Gasteiger partial charge in [0.2, 0.25) is 0 Å². The first kappa shape index (κ1) is 13.3. The van der Waals surface area contributed by atoms with Crippen LogP contribution in [0.2, 0.25) is 5.02 Å². The molecule has 0 spiro atoms. The Morgan fingerprint density at radius 3 is 2.42 bits per heavy atom. The summed E-state index contributed by atoms with van der Waals surface area (Å²) in [4.78, 5) is 0. The number of halogens is 1. The summed E-state index contributed by atoms with van der Waals surface area (Å²) in [6.45, 7) is 9.21. The minimum absolute atomic E-state index is 0.321. The zero-order valence-corrected chi connectivity index (χ0v) is 12.6. The Balaban J connectivity index is 2.01. The van der Waals surface area contributed by atoms with Crippen molar-refractivity contribution in [3.05, 3.63) is 22.7 Å². The predicted octanol–water partition coefficient (Wildman–Crippen LogP) is 2.61. The summed E-state index contributed by atoms with van der Waals surface area (Å²) in [6.07, 6.45) is 0.992. The van der Waals surface area contributed by atoms with E-state index in [1.54, 1.807) is 0 Å². The Hall–Kier alpha value is -0.705. The van der Waals surface area contributed by atoms with Crippen LogP contribution in [0.3, 0.4) is 0 Å². The largest absolute Gasteiger partial charge is 0.495 e. The quantitative estimate of drug-likeness (QED) is 0.802. The first-order chi connectivity index (χ1) is 8.80. The Bertz CT molecular complexity index is 514. The van der Waals surface area contributed by atoms with Crippen LogP contribution >= 0.6 is 11.6 Å². The van der Waals surface area contributed by atoms with Crippen LogP contribution in [0.1, 0.15) is 33.3 Å². The molecular formula is C14H19BClNO2. The van der Waals surface area contributed by atoms with Gasteiger partial charge in [0.1, 0.15) is 0 Å². The summed E-state index contributed by atoms with van der Waals surface area (Å²) in [5.74, 6) is 0. The van der Waals surface area contributed by atoms with Gasteiger partial charge >= 0.3 is 7.12 Å². The van der Waals surface area contributed by atoms with E-state index in [0.29, 0.717) is 0 Å². The first-order valence-corrected chi connectivity index (χ1v) is 7.10. The number of hydrogen-bond acceptors (Lipinski definition) is 3. The molecule has 0 amide bonds. The molecule has 19 heavy (non-hydrogen) atoms. The molecule has 1 aromatic carbocycles. The van der Waals surface area contributed by atoms with Crippen LogP contribution in [0, 0.1) is 0 Å². The van der Waals surface area contributed by atoms with E-state index in [2.05, 4.69) is 33.0 Å². The fraction of sp³-hybridized carbons (Fsp3) is 0.571. The van der Waals surface area contributed by atoms with Crippen LogP contribution in [0.4, 0.5) is 5.69 Å². The van der Waals surface area contributed by atoms with Crippen LogP contribution in [0.5, 0.6) is 0 Å².